The van der Waals surface area contributed by atoms with Crippen molar-refractivity contribution in [3.63, 3.8) is 0 Å². The number of benzene rings is 1. The summed E-state index contributed by atoms with van der Waals surface area (Å²) in [7, 11) is 0. The molecule has 0 bridgehead atoms. The van der Waals surface area contributed by atoms with Crippen molar-refractivity contribution in [3.05, 3.63) is 41.8 Å². The second-order valence-electron chi connectivity index (χ2n) is 6.34. The number of amides is 1. The Morgan fingerprint density at radius 2 is 1.90 bits per heavy atom. The Labute approximate surface area is 124 Å². The predicted octanol–water partition coefficient (Wildman–Crippen LogP) is 3.69. The fraction of sp³-hybridized carbons (Fsp3) is 0.375. The van der Waals surface area contributed by atoms with Crippen molar-refractivity contribution in [2.45, 2.75) is 34.1 Å². The van der Waals surface area contributed by atoms with E-state index < -0.39 is 0 Å². The molecule has 0 fully saturated rings. The lowest BCUT2D eigenvalue weighted by Gasteiger charge is -2.17. The third kappa shape index (κ3) is 4.15. The molecule has 1 amide bonds. The van der Waals surface area contributed by atoms with Gasteiger partial charge in [-0.05, 0) is 36.6 Å². The molecule has 0 aliphatic carbocycles. The number of hydrogen-bond donors (Lipinski definition) is 1. The number of nitrogens with zero attached hydrogens (tertiary/aromatic N) is 2. The highest BCUT2D eigenvalue weighted by molar-refractivity contribution is 5.90. The largest absolute Gasteiger partial charge is 0.311 e. The molecule has 21 heavy (non-hydrogen) atoms. The molecule has 1 N–H and O–H groups in total. The van der Waals surface area contributed by atoms with Crippen LogP contribution in [0, 0.1) is 18.2 Å². The number of halogens is 1. The van der Waals surface area contributed by atoms with Crippen LogP contribution in [0.1, 0.15) is 32.9 Å². The van der Waals surface area contributed by atoms with Gasteiger partial charge in [0.1, 0.15) is 11.6 Å². The Morgan fingerprint density at radius 3 is 2.48 bits per heavy atom. The molecule has 5 heteroatoms. The minimum atomic E-state index is -0.305. The quantitative estimate of drug-likeness (QED) is 0.936. The van der Waals surface area contributed by atoms with Crippen molar-refractivity contribution in [1.82, 2.24) is 9.78 Å². The van der Waals surface area contributed by atoms with E-state index in [9.17, 15) is 9.18 Å². The Kier molecular flexibility index (Phi) is 4.11. The molecule has 0 atom stereocenters. The molecule has 2 rings (SSSR count). The van der Waals surface area contributed by atoms with Crippen LogP contribution in [0.4, 0.5) is 10.2 Å². The third-order valence-electron chi connectivity index (χ3n) is 2.86. The van der Waals surface area contributed by atoms with Gasteiger partial charge in [-0.3, -0.25) is 4.79 Å². The summed E-state index contributed by atoms with van der Waals surface area (Å²) >= 11 is 0. The maximum atomic E-state index is 13.0. The number of nitrogens with one attached hydrogen (secondary N) is 1. The van der Waals surface area contributed by atoms with Crippen molar-refractivity contribution in [2.75, 3.05) is 5.32 Å². The SMILES string of the molecule is Cc1cc(NC(=O)CC(C)(C)C)n(-c2ccc(F)cc2)n1. The topological polar surface area (TPSA) is 46.9 Å². The summed E-state index contributed by atoms with van der Waals surface area (Å²) in [5, 5.41) is 7.21. The van der Waals surface area contributed by atoms with Crippen LogP contribution in [-0.2, 0) is 4.79 Å². The highest BCUT2D eigenvalue weighted by Gasteiger charge is 2.18. The zero-order chi connectivity index (χ0) is 15.6. The number of carbonyl (C=O) groups excluding carboxylic acids is 1. The summed E-state index contributed by atoms with van der Waals surface area (Å²) in [5.41, 5.74) is 1.40. The molecule has 0 aliphatic heterocycles. The molecule has 1 aromatic heterocycles. The number of anilines is 1. The number of aromatic nitrogens is 2. The zero-order valence-electron chi connectivity index (χ0n) is 12.8. The molecular weight excluding hydrogens is 269 g/mol. The summed E-state index contributed by atoms with van der Waals surface area (Å²) in [6.07, 6.45) is 0.417. The highest BCUT2D eigenvalue weighted by Crippen LogP contribution is 2.21. The summed E-state index contributed by atoms with van der Waals surface area (Å²) < 4.78 is 14.6. The summed E-state index contributed by atoms with van der Waals surface area (Å²) in [6.45, 7) is 7.87. The summed E-state index contributed by atoms with van der Waals surface area (Å²) in [6, 6.07) is 7.78. The van der Waals surface area contributed by atoms with E-state index in [1.165, 1.54) is 12.1 Å². The standard InChI is InChI=1S/C16H20FN3O/c1-11-9-14(18-15(21)10-16(2,3)4)20(19-11)13-7-5-12(17)6-8-13/h5-9H,10H2,1-4H3,(H,18,21). The summed E-state index contributed by atoms with van der Waals surface area (Å²) in [4.78, 5) is 12.1. The molecule has 1 heterocycles. The van der Waals surface area contributed by atoms with Gasteiger partial charge < -0.3 is 5.32 Å². The first kappa shape index (κ1) is 15.2. The van der Waals surface area contributed by atoms with E-state index in [4.69, 9.17) is 0 Å². The van der Waals surface area contributed by atoms with Crippen LogP contribution in [0.3, 0.4) is 0 Å². The van der Waals surface area contributed by atoms with Crippen molar-refractivity contribution >= 4 is 11.7 Å². The molecule has 0 aliphatic rings. The molecule has 0 saturated heterocycles. The van der Waals surface area contributed by atoms with E-state index in [1.807, 2.05) is 27.7 Å². The molecular formula is C16H20FN3O. The number of carbonyl (C=O) groups is 1. The maximum Gasteiger partial charge on any atom is 0.226 e. The number of hydrogen-bond acceptors (Lipinski definition) is 2. The molecule has 4 nitrogen and oxygen atoms in total. The van der Waals surface area contributed by atoms with E-state index in [1.54, 1.807) is 22.9 Å². The van der Waals surface area contributed by atoms with Gasteiger partial charge in [0, 0.05) is 12.5 Å². The van der Waals surface area contributed by atoms with Crippen LogP contribution in [0.5, 0.6) is 0 Å². The van der Waals surface area contributed by atoms with Gasteiger partial charge in [0.25, 0.3) is 0 Å². The van der Waals surface area contributed by atoms with E-state index >= 15 is 0 Å². The van der Waals surface area contributed by atoms with E-state index in [0.29, 0.717) is 17.9 Å². The normalized spacial score (nSPS) is 11.5. The fourth-order valence-electron chi connectivity index (χ4n) is 2.04. The van der Waals surface area contributed by atoms with Gasteiger partial charge in [0.05, 0.1) is 11.4 Å². The average molecular weight is 289 g/mol. The lowest BCUT2D eigenvalue weighted by molar-refractivity contribution is -0.117. The van der Waals surface area contributed by atoms with Gasteiger partial charge in [-0.25, -0.2) is 9.07 Å². The van der Waals surface area contributed by atoms with Crippen LogP contribution in [-0.4, -0.2) is 15.7 Å². The smallest absolute Gasteiger partial charge is 0.226 e. The van der Waals surface area contributed by atoms with Gasteiger partial charge in [-0.15, -0.1) is 0 Å². The predicted molar refractivity (Wildman–Crippen MR) is 81.0 cm³/mol. The monoisotopic (exact) mass is 289 g/mol. The Hall–Kier alpha value is -2.17. The van der Waals surface area contributed by atoms with Crippen LogP contribution < -0.4 is 5.32 Å². The molecule has 112 valence electrons. The first-order valence-electron chi connectivity index (χ1n) is 6.87. The molecule has 2 aromatic rings. The second kappa shape index (κ2) is 5.68. The van der Waals surface area contributed by atoms with Gasteiger partial charge in [-0.1, -0.05) is 20.8 Å². The lowest BCUT2D eigenvalue weighted by Crippen LogP contribution is -2.21. The van der Waals surface area contributed by atoms with E-state index in [0.717, 1.165) is 5.69 Å². The van der Waals surface area contributed by atoms with E-state index in [2.05, 4.69) is 10.4 Å². The molecule has 0 spiro atoms. The van der Waals surface area contributed by atoms with Gasteiger partial charge in [0.2, 0.25) is 5.91 Å². The molecule has 0 saturated carbocycles. The van der Waals surface area contributed by atoms with E-state index in [-0.39, 0.29) is 17.1 Å². The Morgan fingerprint density at radius 1 is 1.29 bits per heavy atom. The van der Waals surface area contributed by atoms with Crippen molar-refractivity contribution in [1.29, 1.82) is 0 Å². The number of rotatable bonds is 3. The third-order valence-corrected chi connectivity index (χ3v) is 2.86. The molecule has 1 aromatic carbocycles. The zero-order valence-corrected chi connectivity index (χ0v) is 12.8. The summed E-state index contributed by atoms with van der Waals surface area (Å²) in [5.74, 6) is 0.222. The van der Waals surface area contributed by atoms with Crippen LogP contribution in [0.2, 0.25) is 0 Å². The molecule has 0 radical (unpaired) electrons. The van der Waals surface area contributed by atoms with Crippen LogP contribution in [0.15, 0.2) is 30.3 Å². The maximum absolute atomic E-state index is 13.0. The first-order chi connectivity index (χ1) is 9.74. The van der Waals surface area contributed by atoms with Gasteiger partial charge >= 0.3 is 0 Å². The molecule has 0 unspecified atom stereocenters. The Bertz CT molecular complexity index is 639. The lowest BCUT2D eigenvalue weighted by atomic mass is 9.92. The fourth-order valence-corrected chi connectivity index (χ4v) is 2.04. The van der Waals surface area contributed by atoms with Crippen LogP contribution in [0.25, 0.3) is 5.69 Å². The van der Waals surface area contributed by atoms with Gasteiger partial charge in [-0.2, -0.15) is 5.10 Å². The highest BCUT2D eigenvalue weighted by atomic mass is 19.1. The second-order valence-corrected chi connectivity index (χ2v) is 6.34. The number of aryl methyl sites for hydroxylation is 1. The minimum Gasteiger partial charge on any atom is -0.311 e. The van der Waals surface area contributed by atoms with Crippen LogP contribution >= 0.6 is 0 Å². The average Bonchev–Trinajstić information content (AvgIpc) is 2.68. The van der Waals surface area contributed by atoms with Gasteiger partial charge in [0.15, 0.2) is 0 Å². The minimum absolute atomic E-state index is 0.0641. The van der Waals surface area contributed by atoms with Crippen molar-refractivity contribution in [3.8, 4) is 5.69 Å². The Balaban J connectivity index is 2.25. The first-order valence-corrected chi connectivity index (χ1v) is 6.87. The van der Waals surface area contributed by atoms with Crippen molar-refractivity contribution < 1.29 is 9.18 Å². The van der Waals surface area contributed by atoms with Crippen molar-refractivity contribution in [2.24, 2.45) is 5.41 Å².